The molecule has 116 valence electrons. The number of nitrogens with zero attached hydrogens (tertiary/aromatic N) is 1. The number of aromatic hydroxyl groups is 1. The monoisotopic (exact) mass is 453 g/mol. The number of carbonyl (C=O) groups is 1. The molecule has 1 aliphatic rings. The average molecular weight is 453 g/mol. The van der Waals surface area contributed by atoms with Crippen LogP contribution in [0.25, 0.3) is 6.08 Å². The molecule has 0 unspecified atom stereocenters. The summed E-state index contributed by atoms with van der Waals surface area (Å²) in [6, 6.07) is 12.9. The van der Waals surface area contributed by atoms with E-state index in [9.17, 15) is 9.90 Å². The minimum absolute atomic E-state index is 0.119. The second-order valence-electron chi connectivity index (χ2n) is 5.06. The summed E-state index contributed by atoms with van der Waals surface area (Å²) < 4.78 is 1.27. The first kappa shape index (κ1) is 16.5. The molecule has 1 aliphatic heterocycles. The predicted octanol–water partition coefficient (Wildman–Crippen LogP) is 4.71. The third kappa shape index (κ3) is 3.44. The minimum atomic E-state index is -0.119. The van der Waals surface area contributed by atoms with Crippen molar-refractivity contribution in [2.45, 2.75) is 6.92 Å². The van der Waals surface area contributed by atoms with Gasteiger partial charge >= 0.3 is 0 Å². The van der Waals surface area contributed by atoms with Crippen molar-refractivity contribution < 1.29 is 9.90 Å². The molecule has 0 atom stereocenters. The van der Waals surface area contributed by atoms with Gasteiger partial charge in [0, 0.05) is 0 Å². The van der Waals surface area contributed by atoms with E-state index < -0.39 is 0 Å². The molecule has 2 aromatic rings. The lowest BCUT2D eigenvalue weighted by atomic mass is 10.2. The Morgan fingerprint density at radius 2 is 1.91 bits per heavy atom. The number of hydrogen-bond donors (Lipinski definition) is 1. The molecule has 0 aromatic heterocycles. The zero-order valence-electron chi connectivity index (χ0n) is 12.1. The average Bonchev–Trinajstić information content (AvgIpc) is 2.79. The van der Waals surface area contributed by atoms with Crippen molar-refractivity contribution in [3.63, 3.8) is 0 Å². The Bertz CT molecular complexity index is 831. The highest BCUT2D eigenvalue weighted by Crippen LogP contribution is 2.36. The van der Waals surface area contributed by atoms with E-state index >= 15 is 0 Å². The molecule has 0 bridgehead atoms. The van der Waals surface area contributed by atoms with Crippen LogP contribution in [0.4, 0.5) is 5.69 Å². The molecule has 1 heterocycles. The molecular weight excluding hydrogens is 441 g/mol. The Hall–Kier alpha value is -1.38. The number of amides is 1. The van der Waals surface area contributed by atoms with Gasteiger partial charge in [-0.15, -0.1) is 0 Å². The second-order valence-corrected chi connectivity index (χ2v) is 7.90. The quantitative estimate of drug-likeness (QED) is 0.406. The minimum Gasteiger partial charge on any atom is -0.507 e. The molecule has 0 saturated carbocycles. The fraction of sp³-hybridized carbons (Fsp3) is 0.0588. The molecule has 1 fully saturated rings. The first-order valence-electron chi connectivity index (χ1n) is 6.79. The molecule has 0 spiro atoms. The summed E-state index contributed by atoms with van der Waals surface area (Å²) in [5.41, 5.74) is 2.77. The third-order valence-corrected chi connectivity index (χ3v) is 5.52. The van der Waals surface area contributed by atoms with Crippen LogP contribution in [0.2, 0.25) is 0 Å². The summed E-state index contributed by atoms with van der Waals surface area (Å²) in [5.74, 6) is 0.113. The van der Waals surface area contributed by atoms with E-state index in [4.69, 9.17) is 12.2 Å². The van der Waals surface area contributed by atoms with Crippen molar-refractivity contribution >= 4 is 68.6 Å². The lowest BCUT2D eigenvalue weighted by molar-refractivity contribution is -0.113. The van der Waals surface area contributed by atoms with Gasteiger partial charge in [-0.25, -0.2) is 0 Å². The van der Waals surface area contributed by atoms with E-state index in [2.05, 4.69) is 22.6 Å². The Morgan fingerprint density at radius 1 is 1.22 bits per heavy atom. The van der Waals surface area contributed by atoms with Crippen LogP contribution in [0.5, 0.6) is 5.75 Å². The SMILES string of the molecule is Cc1ccc(N2C(=O)/C(=C\c3ccc(O)c(I)c3)SC2=S)cc1. The molecule has 0 aliphatic carbocycles. The van der Waals surface area contributed by atoms with E-state index in [1.807, 2.05) is 37.3 Å². The number of thiocarbonyl (C=S) groups is 1. The first-order chi connectivity index (χ1) is 11.0. The van der Waals surface area contributed by atoms with E-state index in [1.54, 1.807) is 23.1 Å². The van der Waals surface area contributed by atoms with Crippen LogP contribution in [0, 0.1) is 10.5 Å². The van der Waals surface area contributed by atoms with Crippen LogP contribution >= 0.6 is 46.6 Å². The van der Waals surface area contributed by atoms with Gasteiger partial charge in [-0.05, 0) is 65.4 Å². The fourth-order valence-corrected chi connectivity index (χ4v) is 3.99. The lowest BCUT2D eigenvalue weighted by Gasteiger charge is -2.14. The molecule has 1 N–H and O–H groups in total. The number of anilines is 1. The van der Waals surface area contributed by atoms with Crippen LogP contribution in [0.3, 0.4) is 0 Å². The molecule has 0 radical (unpaired) electrons. The molecule has 3 nitrogen and oxygen atoms in total. The largest absolute Gasteiger partial charge is 0.507 e. The molecule has 1 saturated heterocycles. The molecule has 3 rings (SSSR count). The Balaban J connectivity index is 1.92. The van der Waals surface area contributed by atoms with Gasteiger partial charge in [-0.3, -0.25) is 9.69 Å². The van der Waals surface area contributed by atoms with Crippen molar-refractivity contribution in [2.75, 3.05) is 4.90 Å². The molecule has 6 heteroatoms. The zero-order chi connectivity index (χ0) is 16.6. The normalized spacial score (nSPS) is 16.4. The smallest absolute Gasteiger partial charge is 0.270 e. The summed E-state index contributed by atoms with van der Waals surface area (Å²) in [7, 11) is 0. The van der Waals surface area contributed by atoms with Gasteiger partial charge in [-0.2, -0.15) is 0 Å². The van der Waals surface area contributed by atoms with Crippen molar-refractivity contribution in [1.82, 2.24) is 0 Å². The number of hydrogen-bond acceptors (Lipinski definition) is 4. The summed E-state index contributed by atoms with van der Waals surface area (Å²) >= 11 is 8.70. The van der Waals surface area contributed by atoms with Crippen LogP contribution < -0.4 is 4.90 Å². The zero-order valence-corrected chi connectivity index (χ0v) is 15.9. The van der Waals surface area contributed by atoms with Crippen molar-refractivity contribution in [1.29, 1.82) is 0 Å². The second kappa shape index (κ2) is 6.62. The summed E-state index contributed by atoms with van der Waals surface area (Å²) in [4.78, 5) is 14.8. The Morgan fingerprint density at radius 3 is 2.57 bits per heavy atom. The van der Waals surface area contributed by atoms with Gasteiger partial charge in [0.05, 0.1) is 14.2 Å². The summed E-state index contributed by atoms with van der Waals surface area (Å²) in [5, 5.41) is 9.58. The van der Waals surface area contributed by atoms with Gasteiger partial charge < -0.3 is 5.11 Å². The summed E-state index contributed by atoms with van der Waals surface area (Å²) in [6.45, 7) is 2.00. The predicted molar refractivity (Wildman–Crippen MR) is 108 cm³/mol. The van der Waals surface area contributed by atoms with Gasteiger partial charge in [0.25, 0.3) is 5.91 Å². The van der Waals surface area contributed by atoms with Crippen molar-refractivity contribution in [2.24, 2.45) is 0 Å². The lowest BCUT2D eigenvalue weighted by Crippen LogP contribution is -2.27. The number of phenolic OH excluding ortho intramolecular Hbond substituents is 1. The number of phenols is 1. The third-order valence-electron chi connectivity index (χ3n) is 3.36. The Kier molecular flexibility index (Phi) is 4.74. The maximum atomic E-state index is 12.7. The van der Waals surface area contributed by atoms with Crippen LogP contribution in [0.15, 0.2) is 47.4 Å². The standard InChI is InChI=1S/C17H12INO2S2/c1-10-2-5-12(6-3-10)19-16(21)15(23-17(19)22)9-11-4-7-14(20)13(18)8-11/h2-9,20H,1H3/b15-9+. The number of rotatable bonds is 2. The van der Waals surface area contributed by atoms with Gasteiger partial charge in [0.1, 0.15) is 5.75 Å². The van der Waals surface area contributed by atoms with Gasteiger partial charge in [-0.1, -0.05) is 47.7 Å². The highest BCUT2D eigenvalue weighted by Gasteiger charge is 2.33. The van der Waals surface area contributed by atoms with Crippen molar-refractivity contribution in [3.8, 4) is 5.75 Å². The van der Waals surface area contributed by atoms with Crippen LogP contribution in [-0.2, 0) is 4.79 Å². The number of carbonyl (C=O) groups excluding carboxylic acids is 1. The highest BCUT2D eigenvalue weighted by atomic mass is 127. The fourth-order valence-electron chi connectivity index (χ4n) is 2.15. The van der Waals surface area contributed by atoms with Crippen molar-refractivity contribution in [3.05, 3.63) is 62.1 Å². The highest BCUT2D eigenvalue weighted by molar-refractivity contribution is 14.1. The van der Waals surface area contributed by atoms with E-state index in [1.165, 1.54) is 11.8 Å². The Labute approximate surface area is 157 Å². The molecular formula is C17H12INO2S2. The topological polar surface area (TPSA) is 40.5 Å². The van der Waals surface area contributed by atoms with Crippen LogP contribution in [0.1, 0.15) is 11.1 Å². The van der Waals surface area contributed by atoms with E-state index in [0.29, 0.717) is 9.23 Å². The van der Waals surface area contributed by atoms with Gasteiger partial charge in [0.2, 0.25) is 0 Å². The maximum Gasteiger partial charge on any atom is 0.270 e. The number of aryl methyl sites for hydroxylation is 1. The number of halogens is 1. The number of benzene rings is 2. The molecule has 23 heavy (non-hydrogen) atoms. The van der Waals surface area contributed by atoms with Gasteiger partial charge in [0.15, 0.2) is 4.32 Å². The molecule has 1 amide bonds. The molecule has 2 aromatic carbocycles. The first-order valence-corrected chi connectivity index (χ1v) is 9.09. The van der Waals surface area contributed by atoms with E-state index in [-0.39, 0.29) is 11.7 Å². The summed E-state index contributed by atoms with van der Waals surface area (Å²) in [6.07, 6.45) is 1.80. The maximum absolute atomic E-state index is 12.7. The van der Waals surface area contributed by atoms with E-state index in [0.717, 1.165) is 20.4 Å². The van der Waals surface area contributed by atoms with Crippen LogP contribution in [-0.4, -0.2) is 15.3 Å². The number of thioether (sulfide) groups is 1.